The first-order chi connectivity index (χ1) is 19.0. The number of nitrogens with one attached hydrogen (secondary N) is 1. The lowest BCUT2D eigenvalue weighted by atomic mass is 9.79. The number of rotatable bonds is 11. The fourth-order valence-corrected chi connectivity index (χ4v) is 6.93. The second-order valence-corrected chi connectivity index (χ2v) is 18.4. The summed E-state index contributed by atoms with van der Waals surface area (Å²) in [6.07, 6.45) is 2.49. The fourth-order valence-electron chi connectivity index (χ4n) is 5.12. The zero-order valence-electron chi connectivity index (χ0n) is 23.3. The van der Waals surface area contributed by atoms with Crippen molar-refractivity contribution < 1.29 is 23.0 Å². The van der Waals surface area contributed by atoms with E-state index in [1.54, 1.807) is 10.9 Å². The van der Waals surface area contributed by atoms with E-state index in [0.29, 0.717) is 34.7 Å². The smallest absolute Gasteiger partial charge is 0.266 e. The van der Waals surface area contributed by atoms with Gasteiger partial charge in [0.2, 0.25) is 0 Å². The van der Waals surface area contributed by atoms with E-state index in [9.17, 15) is 4.79 Å². The van der Waals surface area contributed by atoms with Gasteiger partial charge in [0.15, 0.2) is 0 Å². The highest BCUT2D eigenvalue weighted by atomic mass is 32.1. The van der Waals surface area contributed by atoms with Crippen molar-refractivity contribution in [2.75, 3.05) is 20.3 Å². The number of benzene rings is 1. The minimum atomic E-state index is -3.05. The Balaban J connectivity index is 1.48. The van der Waals surface area contributed by atoms with Crippen LogP contribution in [0.25, 0.3) is 20.5 Å². The van der Waals surface area contributed by atoms with E-state index in [4.69, 9.17) is 14.2 Å². The first-order valence-electron chi connectivity index (χ1n) is 13.3. The highest BCUT2D eigenvalue weighted by Crippen LogP contribution is 2.48. The van der Waals surface area contributed by atoms with Crippen LogP contribution in [0.3, 0.4) is 0 Å². The summed E-state index contributed by atoms with van der Waals surface area (Å²) in [7, 11) is 0.266. The Hall–Kier alpha value is -2.70. The van der Waals surface area contributed by atoms with E-state index in [1.165, 1.54) is 18.4 Å². The van der Waals surface area contributed by atoms with Crippen molar-refractivity contribution in [1.82, 2.24) is 14.8 Å². The molecular formula is C29H35F2N3O4SSi. The van der Waals surface area contributed by atoms with E-state index in [1.807, 2.05) is 42.6 Å². The van der Waals surface area contributed by atoms with Crippen molar-refractivity contribution in [1.29, 1.82) is 0 Å². The summed E-state index contributed by atoms with van der Waals surface area (Å²) in [5.74, 6) is -3.05. The summed E-state index contributed by atoms with van der Waals surface area (Å²) in [4.78, 5) is 17.0. The molecule has 1 unspecified atom stereocenters. The van der Waals surface area contributed by atoms with Crippen LogP contribution in [0.15, 0.2) is 53.6 Å². The average molecular weight is 588 g/mol. The molecule has 0 bridgehead atoms. The summed E-state index contributed by atoms with van der Waals surface area (Å²) in [6.45, 7) is 7.90. The van der Waals surface area contributed by atoms with E-state index in [2.05, 4.69) is 29.7 Å². The molecule has 0 fully saturated rings. The predicted octanol–water partition coefficient (Wildman–Crippen LogP) is 6.41. The van der Waals surface area contributed by atoms with Gasteiger partial charge in [-0.05, 0) is 23.2 Å². The van der Waals surface area contributed by atoms with Crippen LogP contribution >= 0.6 is 11.3 Å². The normalized spacial score (nSPS) is 18.8. The van der Waals surface area contributed by atoms with E-state index in [0.717, 1.165) is 22.0 Å². The fraction of sp³-hybridized carbons (Fsp3) is 0.448. The average Bonchev–Trinajstić information content (AvgIpc) is 3.54. The summed E-state index contributed by atoms with van der Waals surface area (Å²) in [5, 5.41) is 4.91. The van der Waals surface area contributed by atoms with Crippen LogP contribution < -0.4 is 5.56 Å². The summed E-state index contributed by atoms with van der Waals surface area (Å²) >= 11 is 1.27. The maximum atomic E-state index is 15.4. The molecule has 0 radical (unpaired) electrons. The quantitative estimate of drug-likeness (QED) is 0.162. The number of halogens is 2. The number of alkyl halides is 2. The Labute approximate surface area is 237 Å². The second-order valence-electron chi connectivity index (χ2n) is 11.7. The lowest BCUT2D eigenvalue weighted by Gasteiger charge is -2.41. The molecule has 40 heavy (non-hydrogen) atoms. The number of hydrogen-bond donors (Lipinski definition) is 1. The first kappa shape index (κ1) is 28.8. The minimum absolute atomic E-state index is 0.105. The molecule has 4 aromatic rings. The molecule has 0 aliphatic heterocycles. The Morgan fingerprint density at radius 2 is 1.98 bits per heavy atom. The van der Waals surface area contributed by atoms with Crippen molar-refractivity contribution in [3.05, 3.63) is 76.0 Å². The number of ether oxygens (including phenoxy) is 3. The number of fused-ring (bicyclic) bond motifs is 3. The molecule has 5 rings (SSSR count). The molecule has 1 atom stereocenters. The molecule has 0 spiro atoms. The SMILES string of the molecule is COCC1(OCc2ccccc2)CC(F)(F)Cc2c1[nH]c(=O)c1sc(-c3cnn(COCC[Si](C)(C)C)c3)cc21. The third-order valence-electron chi connectivity index (χ3n) is 7.11. The first-order valence-corrected chi connectivity index (χ1v) is 17.9. The van der Waals surface area contributed by atoms with Gasteiger partial charge in [-0.25, -0.2) is 13.5 Å². The third-order valence-corrected chi connectivity index (χ3v) is 10.00. The van der Waals surface area contributed by atoms with Crippen molar-refractivity contribution in [2.24, 2.45) is 0 Å². The largest absolute Gasteiger partial charge is 0.381 e. The molecule has 1 aliphatic carbocycles. The molecule has 3 aromatic heterocycles. The van der Waals surface area contributed by atoms with E-state index >= 15 is 8.78 Å². The van der Waals surface area contributed by atoms with Crippen molar-refractivity contribution in [3.8, 4) is 10.4 Å². The van der Waals surface area contributed by atoms with Gasteiger partial charge in [0, 0.05) is 56.7 Å². The summed E-state index contributed by atoms with van der Waals surface area (Å²) in [5.41, 5.74) is 0.561. The number of thiophene rings is 1. The van der Waals surface area contributed by atoms with Crippen molar-refractivity contribution in [3.63, 3.8) is 0 Å². The number of aromatic nitrogens is 3. The Bertz CT molecular complexity index is 1530. The number of hydrogen-bond acceptors (Lipinski definition) is 6. The van der Waals surface area contributed by atoms with Gasteiger partial charge < -0.3 is 19.2 Å². The number of pyridine rings is 1. The van der Waals surface area contributed by atoms with Crippen molar-refractivity contribution in [2.45, 2.75) is 63.4 Å². The molecule has 214 valence electrons. The van der Waals surface area contributed by atoms with Crippen LogP contribution in [0.2, 0.25) is 25.7 Å². The lowest BCUT2D eigenvalue weighted by molar-refractivity contribution is -0.169. The van der Waals surface area contributed by atoms with Crippen LogP contribution in [0.5, 0.6) is 0 Å². The Morgan fingerprint density at radius 3 is 2.70 bits per heavy atom. The number of methoxy groups -OCH3 is 1. The van der Waals surface area contributed by atoms with Crippen LogP contribution in [0.1, 0.15) is 23.2 Å². The third kappa shape index (κ3) is 6.28. The van der Waals surface area contributed by atoms with Crippen LogP contribution in [-0.4, -0.2) is 49.1 Å². The zero-order valence-corrected chi connectivity index (χ0v) is 25.1. The van der Waals surface area contributed by atoms with Gasteiger partial charge >= 0.3 is 0 Å². The molecule has 1 aliphatic rings. The molecule has 1 N–H and O–H groups in total. The summed E-state index contributed by atoms with van der Waals surface area (Å²) in [6, 6.07) is 12.2. The number of H-pyrrole nitrogens is 1. The molecule has 1 aromatic carbocycles. The predicted molar refractivity (Wildman–Crippen MR) is 156 cm³/mol. The maximum absolute atomic E-state index is 15.4. The number of aromatic amines is 1. The van der Waals surface area contributed by atoms with Gasteiger partial charge in [-0.2, -0.15) is 5.10 Å². The monoisotopic (exact) mass is 587 g/mol. The summed E-state index contributed by atoms with van der Waals surface area (Å²) < 4.78 is 50.3. The molecule has 0 amide bonds. The van der Waals surface area contributed by atoms with Gasteiger partial charge in [0.25, 0.3) is 11.5 Å². The standard InChI is InChI=1S/C29H35F2N3O4SSi/c1-36-18-28(38-16-20-8-6-5-7-9-20)17-29(30,31)13-23-22-12-24(39-25(22)27(35)33-26(23)28)21-14-32-34(15-21)19-37-10-11-40(2,3)4/h5-9,12,14-15H,10-11,13,16-19H2,1-4H3,(H,33,35). The molecule has 0 saturated heterocycles. The van der Waals surface area contributed by atoms with Gasteiger partial charge in [-0.15, -0.1) is 11.3 Å². The van der Waals surface area contributed by atoms with Gasteiger partial charge in [-0.3, -0.25) is 4.79 Å². The van der Waals surface area contributed by atoms with E-state index in [-0.39, 0.29) is 18.8 Å². The Morgan fingerprint density at radius 1 is 1.20 bits per heavy atom. The zero-order chi connectivity index (χ0) is 28.5. The molecule has 7 nitrogen and oxygen atoms in total. The number of nitrogens with zero attached hydrogens (tertiary/aromatic N) is 2. The van der Waals surface area contributed by atoms with Gasteiger partial charge in [-0.1, -0.05) is 50.0 Å². The molecule has 3 heterocycles. The van der Waals surface area contributed by atoms with Crippen LogP contribution in [-0.2, 0) is 39.6 Å². The topological polar surface area (TPSA) is 78.4 Å². The second kappa shape index (κ2) is 11.3. The van der Waals surface area contributed by atoms with Crippen molar-refractivity contribution >= 4 is 29.5 Å². The minimum Gasteiger partial charge on any atom is -0.381 e. The highest BCUT2D eigenvalue weighted by molar-refractivity contribution is 7.22. The van der Waals surface area contributed by atoms with Crippen LogP contribution in [0.4, 0.5) is 8.78 Å². The molecule has 0 saturated carbocycles. The highest BCUT2D eigenvalue weighted by Gasteiger charge is 2.51. The molecule has 11 heteroatoms. The maximum Gasteiger partial charge on any atom is 0.266 e. The molecular weight excluding hydrogens is 552 g/mol. The Kier molecular flexibility index (Phi) is 8.13. The van der Waals surface area contributed by atoms with Crippen LogP contribution in [0, 0.1) is 0 Å². The lowest BCUT2D eigenvalue weighted by Crippen LogP contribution is -2.47. The van der Waals surface area contributed by atoms with Gasteiger partial charge in [0.05, 0.1) is 25.1 Å². The van der Waals surface area contributed by atoms with E-state index < -0.39 is 32.4 Å². The van der Waals surface area contributed by atoms with Gasteiger partial charge in [0.1, 0.15) is 17.0 Å².